The van der Waals surface area contributed by atoms with Gasteiger partial charge >= 0.3 is 0 Å². The van der Waals surface area contributed by atoms with Crippen molar-refractivity contribution in [2.45, 2.75) is 18.8 Å². The molecule has 1 amide bonds. The van der Waals surface area contributed by atoms with E-state index in [2.05, 4.69) is 10.3 Å². The molecule has 2 aromatic carbocycles. The van der Waals surface area contributed by atoms with Crippen molar-refractivity contribution in [3.05, 3.63) is 64.1 Å². The number of amides is 1. The van der Waals surface area contributed by atoms with Gasteiger partial charge in [0.05, 0.1) is 10.7 Å². The Morgan fingerprint density at radius 1 is 1.24 bits per heavy atom. The van der Waals surface area contributed by atoms with Crippen LogP contribution >= 0.6 is 11.3 Å². The van der Waals surface area contributed by atoms with Gasteiger partial charge in [0, 0.05) is 22.4 Å². The Kier molecular flexibility index (Phi) is 4.04. The lowest BCUT2D eigenvalue weighted by molar-refractivity contribution is -0.112. The van der Waals surface area contributed by atoms with Crippen LogP contribution in [-0.4, -0.2) is 10.9 Å². The van der Waals surface area contributed by atoms with Gasteiger partial charge in [-0.3, -0.25) is 4.79 Å². The van der Waals surface area contributed by atoms with Crippen molar-refractivity contribution in [3.63, 3.8) is 0 Å². The fraction of sp³-hybridized carbons (Fsp3) is 0.150. The van der Waals surface area contributed by atoms with Crippen LogP contribution in [0.1, 0.15) is 29.5 Å². The predicted molar refractivity (Wildman–Crippen MR) is 100 cm³/mol. The van der Waals surface area contributed by atoms with E-state index in [1.807, 2.05) is 53.9 Å². The molecule has 0 saturated heterocycles. The summed E-state index contributed by atoms with van der Waals surface area (Å²) >= 11 is 1.59. The number of nitrogens with zero attached hydrogens (tertiary/aromatic N) is 2. The van der Waals surface area contributed by atoms with Gasteiger partial charge in [-0.15, -0.1) is 11.3 Å². The van der Waals surface area contributed by atoms with Crippen LogP contribution in [0, 0.1) is 11.3 Å². The Bertz CT molecular complexity index is 1020. The molecule has 0 unspecified atom stereocenters. The molecule has 3 aromatic rings. The molecule has 0 aliphatic heterocycles. The molecule has 0 atom stereocenters. The smallest absolute Gasteiger partial charge is 0.266 e. The number of anilines is 1. The van der Waals surface area contributed by atoms with Crippen LogP contribution in [-0.2, 0) is 4.79 Å². The molecular weight excluding hydrogens is 330 g/mol. The van der Waals surface area contributed by atoms with E-state index < -0.39 is 5.91 Å². The molecule has 1 saturated carbocycles. The number of benzene rings is 2. The van der Waals surface area contributed by atoms with E-state index in [9.17, 15) is 10.1 Å². The van der Waals surface area contributed by atoms with E-state index in [1.165, 1.54) is 12.8 Å². The molecule has 122 valence electrons. The standard InChI is InChI=1S/C20H15N3OS/c21-11-15(10-16-12-25-20(22-16)14-8-9-14)19(24)23-18-7-3-5-13-4-1-2-6-17(13)18/h1-7,10,12,14H,8-9H2,(H,23,24). The van der Waals surface area contributed by atoms with Crippen molar-refractivity contribution in [3.8, 4) is 6.07 Å². The second-order valence-electron chi connectivity index (χ2n) is 6.04. The number of thiazole rings is 1. The molecule has 1 fully saturated rings. The van der Waals surface area contributed by atoms with Crippen LogP contribution in [0.4, 0.5) is 5.69 Å². The Morgan fingerprint density at radius 2 is 2.04 bits per heavy atom. The molecule has 1 aliphatic carbocycles. The highest BCUT2D eigenvalue weighted by molar-refractivity contribution is 7.09. The van der Waals surface area contributed by atoms with Gasteiger partial charge in [0.15, 0.2) is 0 Å². The van der Waals surface area contributed by atoms with Crippen LogP contribution in [0.5, 0.6) is 0 Å². The quantitative estimate of drug-likeness (QED) is 0.549. The normalized spacial score (nSPS) is 14.3. The lowest BCUT2D eigenvalue weighted by Crippen LogP contribution is -2.13. The second-order valence-corrected chi connectivity index (χ2v) is 6.93. The summed E-state index contributed by atoms with van der Waals surface area (Å²) in [5.74, 6) is 0.155. The molecule has 25 heavy (non-hydrogen) atoms. The maximum atomic E-state index is 12.5. The minimum absolute atomic E-state index is 0.0561. The first-order valence-electron chi connectivity index (χ1n) is 8.11. The molecule has 1 aliphatic rings. The lowest BCUT2D eigenvalue weighted by Gasteiger charge is -2.08. The summed E-state index contributed by atoms with van der Waals surface area (Å²) in [6.07, 6.45) is 3.93. The number of nitriles is 1. The number of carbonyl (C=O) groups excluding carboxylic acids is 1. The van der Waals surface area contributed by atoms with Gasteiger partial charge in [0.2, 0.25) is 0 Å². The summed E-state index contributed by atoms with van der Waals surface area (Å²) in [6.45, 7) is 0. The highest BCUT2D eigenvalue weighted by Gasteiger charge is 2.26. The van der Waals surface area contributed by atoms with Gasteiger partial charge in [0.1, 0.15) is 11.6 Å². The minimum Gasteiger partial charge on any atom is -0.321 e. The lowest BCUT2D eigenvalue weighted by atomic mass is 10.1. The average Bonchev–Trinajstić information content (AvgIpc) is 3.39. The van der Waals surface area contributed by atoms with Gasteiger partial charge in [-0.25, -0.2) is 4.98 Å². The van der Waals surface area contributed by atoms with Crippen molar-refractivity contribution in [2.75, 3.05) is 5.32 Å². The zero-order chi connectivity index (χ0) is 17.2. The monoisotopic (exact) mass is 345 g/mol. The average molecular weight is 345 g/mol. The number of carbonyl (C=O) groups is 1. The van der Waals surface area contributed by atoms with Gasteiger partial charge < -0.3 is 5.32 Å². The minimum atomic E-state index is -0.417. The number of hydrogen-bond donors (Lipinski definition) is 1. The maximum Gasteiger partial charge on any atom is 0.266 e. The van der Waals surface area contributed by atoms with E-state index in [0.29, 0.717) is 17.3 Å². The molecule has 0 spiro atoms. The second kappa shape index (κ2) is 6.50. The van der Waals surface area contributed by atoms with Crippen molar-refractivity contribution in [2.24, 2.45) is 0 Å². The van der Waals surface area contributed by atoms with Crippen molar-refractivity contribution < 1.29 is 4.79 Å². The van der Waals surface area contributed by atoms with Crippen LogP contribution in [0.2, 0.25) is 0 Å². The third kappa shape index (κ3) is 3.30. The van der Waals surface area contributed by atoms with Crippen molar-refractivity contribution >= 4 is 39.8 Å². The molecular formula is C20H15N3OS. The molecule has 1 N–H and O–H groups in total. The molecule has 0 radical (unpaired) electrons. The maximum absolute atomic E-state index is 12.5. The summed E-state index contributed by atoms with van der Waals surface area (Å²) in [5, 5.41) is 17.2. The van der Waals surface area contributed by atoms with Gasteiger partial charge in [-0.2, -0.15) is 5.26 Å². The Labute approximate surface area is 149 Å². The van der Waals surface area contributed by atoms with Crippen LogP contribution in [0.25, 0.3) is 16.8 Å². The Balaban J connectivity index is 1.59. The first-order valence-corrected chi connectivity index (χ1v) is 8.99. The van der Waals surface area contributed by atoms with Crippen LogP contribution in [0.3, 0.4) is 0 Å². The zero-order valence-electron chi connectivity index (χ0n) is 13.4. The highest BCUT2D eigenvalue weighted by Crippen LogP contribution is 2.41. The number of hydrogen-bond acceptors (Lipinski definition) is 4. The summed E-state index contributed by atoms with van der Waals surface area (Å²) in [7, 11) is 0. The highest BCUT2D eigenvalue weighted by atomic mass is 32.1. The van der Waals surface area contributed by atoms with Crippen LogP contribution < -0.4 is 5.32 Å². The van der Waals surface area contributed by atoms with Crippen molar-refractivity contribution in [1.29, 1.82) is 5.26 Å². The fourth-order valence-corrected chi connectivity index (χ4v) is 3.65. The zero-order valence-corrected chi connectivity index (χ0v) is 14.2. The summed E-state index contributed by atoms with van der Waals surface area (Å²) in [6, 6.07) is 15.5. The van der Waals surface area contributed by atoms with Gasteiger partial charge in [-0.05, 0) is 30.4 Å². The largest absolute Gasteiger partial charge is 0.321 e. The molecule has 1 heterocycles. The molecule has 4 rings (SSSR count). The Hall–Kier alpha value is -2.97. The first-order chi connectivity index (χ1) is 12.2. The molecule has 5 heteroatoms. The predicted octanol–water partition coefficient (Wildman–Crippen LogP) is 4.72. The van der Waals surface area contributed by atoms with E-state index in [1.54, 1.807) is 17.4 Å². The van der Waals surface area contributed by atoms with E-state index in [4.69, 9.17) is 0 Å². The number of aromatic nitrogens is 1. The van der Waals surface area contributed by atoms with Gasteiger partial charge in [0.25, 0.3) is 5.91 Å². The fourth-order valence-electron chi connectivity index (χ4n) is 2.71. The SMILES string of the molecule is N#CC(=Cc1csc(C2CC2)n1)C(=O)Nc1cccc2ccccc12. The summed E-state index contributed by atoms with van der Waals surface area (Å²) in [4.78, 5) is 17.0. The third-order valence-electron chi connectivity index (χ3n) is 4.16. The van der Waals surface area contributed by atoms with Gasteiger partial charge in [-0.1, -0.05) is 36.4 Å². The van der Waals surface area contributed by atoms with E-state index >= 15 is 0 Å². The summed E-state index contributed by atoms with van der Waals surface area (Å²) in [5.41, 5.74) is 1.43. The number of fused-ring (bicyclic) bond motifs is 1. The molecule has 4 nitrogen and oxygen atoms in total. The molecule has 0 bridgehead atoms. The topological polar surface area (TPSA) is 65.8 Å². The Morgan fingerprint density at radius 3 is 2.84 bits per heavy atom. The number of nitrogens with one attached hydrogen (secondary N) is 1. The van der Waals surface area contributed by atoms with E-state index in [-0.39, 0.29) is 5.57 Å². The molecule has 1 aromatic heterocycles. The van der Waals surface area contributed by atoms with E-state index in [0.717, 1.165) is 15.8 Å². The van der Waals surface area contributed by atoms with Crippen LogP contribution in [0.15, 0.2) is 53.4 Å². The third-order valence-corrected chi connectivity index (χ3v) is 5.19. The first kappa shape index (κ1) is 15.6. The van der Waals surface area contributed by atoms with Crippen molar-refractivity contribution in [1.82, 2.24) is 4.98 Å². The summed E-state index contributed by atoms with van der Waals surface area (Å²) < 4.78 is 0. The number of rotatable bonds is 4.